The average Bonchev–Trinajstić information content (AvgIpc) is 3.10. The van der Waals surface area contributed by atoms with Gasteiger partial charge in [-0.2, -0.15) is 0 Å². The first-order chi connectivity index (χ1) is 15.2. The number of aromatic nitrogens is 2. The number of carbonyl (C=O) groups excluding carboxylic acids is 1. The molecule has 0 unspecified atom stereocenters. The van der Waals surface area contributed by atoms with Crippen LogP contribution in [0.1, 0.15) is 50.7 Å². The van der Waals surface area contributed by atoms with Gasteiger partial charge in [0.2, 0.25) is 0 Å². The zero-order chi connectivity index (χ0) is 23.0. The number of ether oxygens (including phenoxy) is 1. The number of benzene rings is 2. The van der Waals surface area contributed by atoms with E-state index in [0.29, 0.717) is 5.92 Å². The molecule has 0 saturated carbocycles. The van der Waals surface area contributed by atoms with Crippen molar-refractivity contribution in [2.75, 3.05) is 13.1 Å². The molecular formula is C25H32N4O2S. The minimum absolute atomic E-state index is 0.210. The SMILES string of the molecule is Cc1cc(C2CCN(C(=O)OC(C)(C)C)CC2)cc2c1nc(-c1ccc(SN)cc1)n2C. The van der Waals surface area contributed by atoms with E-state index in [1.54, 1.807) is 0 Å². The molecule has 1 aliphatic heterocycles. The molecule has 0 bridgehead atoms. The molecule has 0 atom stereocenters. The van der Waals surface area contributed by atoms with E-state index in [0.717, 1.165) is 53.2 Å². The second kappa shape index (κ2) is 8.79. The fraction of sp³-hybridized carbons (Fsp3) is 0.440. The van der Waals surface area contributed by atoms with Gasteiger partial charge in [0.25, 0.3) is 0 Å². The summed E-state index contributed by atoms with van der Waals surface area (Å²) in [6.07, 6.45) is 1.66. The number of rotatable bonds is 3. The van der Waals surface area contributed by atoms with Crippen LogP contribution < -0.4 is 5.14 Å². The first-order valence-corrected chi connectivity index (χ1v) is 12.0. The molecule has 7 heteroatoms. The van der Waals surface area contributed by atoms with Crippen LogP contribution in [0.3, 0.4) is 0 Å². The number of nitrogens with two attached hydrogens (primary N) is 1. The molecule has 1 aromatic heterocycles. The maximum absolute atomic E-state index is 12.4. The van der Waals surface area contributed by atoms with E-state index in [9.17, 15) is 4.79 Å². The summed E-state index contributed by atoms with van der Waals surface area (Å²) in [4.78, 5) is 20.2. The van der Waals surface area contributed by atoms with E-state index < -0.39 is 5.60 Å². The van der Waals surface area contributed by atoms with Gasteiger partial charge in [0.15, 0.2) is 0 Å². The van der Waals surface area contributed by atoms with E-state index in [2.05, 4.69) is 42.8 Å². The summed E-state index contributed by atoms with van der Waals surface area (Å²) in [6.45, 7) is 9.29. The zero-order valence-electron chi connectivity index (χ0n) is 19.5. The van der Waals surface area contributed by atoms with Crippen LogP contribution in [0.5, 0.6) is 0 Å². The Morgan fingerprint density at radius 2 is 1.81 bits per heavy atom. The molecule has 170 valence electrons. The number of hydrogen-bond acceptors (Lipinski definition) is 5. The molecule has 32 heavy (non-hydrogen) atoms. The van der Waals surface area contributed by atoms with Crippen LogP contribution >= 0.6 is 11.9 Å². The van der Waals surface area contributed by atoms with Crippen molar-refractivity contribution in [1.29, 1.82) is 0 Å². The molecule has 6 nitrogen and oxygen atoms in total. The van der Waals surface area contributed by atoms with Gasteiger partial charge < -0.3 is 14.2 Å². The van der Waals surface area contributed by atoms with E-state index >= 15 is 0 Å². The number of carbonyl (C=O) groups is 1. The lowest BCUT2D eigenvalue weighted by Gasteiger charge is -2.33. The first-order valence-electron chi connectivity index (χ1n) is 11.1. The fourth-order valence-electron chi connectivity index (χ4n) is 4.38. The second-order valence-electron chi connectivity index (χ2n) is 9.58. The highest BCUT2D eigenvalue weighted by atomic mass is 32.2. The number of nitrogens with zero attached hydrogens (tertiary/aromatic N) is 3. The summed E-state index contributed by atoms with van der Waals surface area (Å²) in [6, 6.07) is 12.7. The number of amides is 1. The number of fused-ring (bicyclic) bond motifs is 1. The van der Waals surface area contributed by atoms with Crippen molar-refractivity contribution in [3.63, 3.8) is 0 Å². The van der Waals surface area contributed by atoms with Gasteiger partial charge in [0.1, 0.15) is 11.4 Å². The Kier molecular flexibility index (Phi) is 6.23. The number of likely N-dealkylation sites (tertiary alicyclic amines) is 1. The normalized spacial score (nSPS) is 15.4. The summed E-state index contributed by atoms with van der Waals surface area (Å²) in [5.41, 5.74) is 5.30. The maximum Gasteiger partial charge on any atom is 0.410 e. The number of imidazole rings is 1. The fourth-order valence-corrected chi connectivity index (χ4v) is 4.68. The van der Waals surface area contributed by atoms with Crippen LogP contribution in [-0.4, -0.2) is 39.2 Å². The van der Waals surface area contributed by atoms with E-state index in [1.807, 2.05) is 37.8 Å². The van der Waals surface area contributed by atoms with Gasteiger partial charge in [-0.3, -0.25) is 5.14 Å². The van der Waals surface area contributed by atoms with Gasteiger partial charge in [-0.1, -0.05) is 18.2 Å². The molecule has 2 N–H and O–H groups in total. The largest absolute Gasteiger partial charge is 0.444 e. The lowest BCUT2D eigenvalue weighted by Crippen LogP contribution is -2.41. The third-order valence-corrected chi connectivity index (χ3v) is 6.61. The minimum atomic E-state index is -0.462. The first kappa shape index (κ1) is 22.7. The number of aryl methyl sites for hydroxylation is 2. The number of piperidine rings is 1. The Bertz CT molecular complexity index is 1120. The third kappa shape index (κ3) is 4.64. The molecule has 2 aromatic carbocycles. The van der Waals surface area contributed by atoms with Gasteiger partial charge in [-0.15, -0.1) is 0 Å². The molecule has 0 aliphatic carbocycles. The Morgan fingerprint density at radius 1 is 1.16 bits per heavy atom. The van der Waals surface area contributed by atoms with E-state index in [4.69, 9.17) is 14.9 Å². The van der Waals surface area contributed by atoms with Crippen molar-refractivity contribution in [1.82, 2.24) is 14.5 Å². The molecule has 1 amide bonds. The minimum Gasteiger partial charge on any atom is -0.444 e. The van der Waals surface area contributed by atoms with Gasteiger partial charge in [0, 0.05) is 30.6 Å². The van der Waals surface area contributed by atoms with Crippen LogP contribution in [0.2, 0.25) is 0 Å². The van der Waals surface area contributed by atoms with Gasteiger partial charge in [-0.05, 0) is 87.7 Å². The van der Waals surface area contributed by atoms with Crippen molar-refractivity contribution in [3.8, 4) is 11.4 Å². The highest BCUT2D eigenvalue weighted by molar-refractivity contribution is 7.97. The average molecular weight is 453 g/mol. The highest BCUT2D eigenvalue weighted by Crippen LogP contribution is 2.34. The van der Waals surface area contributed by atoms with Crippen LogP contribution in [-0.2, 0) is 11.8 Å². The van der Waals surface area contributed by atoms with Crippen LogP contribution in [0.15, 0.2) is 41.3 Å². The Balaban J connectivity index is 1.56. The van der Waals surface area contributed by atoms with Crippen molar-refractivity contribution >= 4 is 29.1 Å². The van der Waals surface area contributed by atoms with Crippen LogP contribution in [0.25, 0.3) is 22.4 Å². The van der Waals surface area contributed by atoms with Gasteiger partial charge in [-0.25, -0.2) is 9.78 Å². The van der Waals surface area contributed by atoms with Crippen molar-refractivity contribution in [2.24, 2.45) is 12.2 Å². The van der Waals surface area contributed by atoms with Gasteiger partial charge >= 0.3 is 6.09 Å². The molecule has 2 heterocycles. The van der Waals surface area contributed by atoms with Crippen LogP contribution in [0.4, 0.5) is 4.79 Å². The van der Waals surface area contributed by atoms with E-state index in [-0.39, 0.29) is 6.09 Å². The lowest BCUT2D eigenvalue weighted by molar-refractivity contribution is 0.0205. The van der Waals surface area contributed by atoms with Crippen molar-refractivity contribution in [2.45, 2.75) is 57.0 Å². The topological polar surface area (TPSA) is 73.4 Å². The molecule has 0 radical (unpaired) electrons. The predicted octanol–water partition coefficient (Wildman–Crippen LogP) is 5.63. The third-order valence-electron chi connectivity index (χ3n) is 6.07. The summed E-state index contributed by atoms with van der Waals surface area (Å²) in [7, 11) is 2.07. The summed E-state index contributed by atoms with van der Waals surface area (Å²) in [5, 5.41) is 5.66. The Labute approximate surface area is 194 Å². The Morgan fingerprint density at radius 3 is 2.41 bits per heavy atom. The summed E-state index contributed by atoms with van der Waals surface area (Å²) in [5.74, 6) is 1.38. The molecule has 1 aliphatic rings. The zero-order valence-corrected chi connectivity index (χ0v) is 20.3. The molecule has 4 rings (SSSR count). The number of hydrogen-bond donors (Lipinski definition) is 1. The van der Waals surface area contributed by atoms with Crippen molar-refractivity contribution < 1.29 is 9.53 Å². The highest BCUT2D eigenvalue weighted by Gasteiger charge is 2.28. The quantitative estimate of drug-likeness (QED) is 0.522. The van der Waals surface area contributed by atoms with E-state index in [1.165, 1.54) is 23.1 Å². The molecule has 3 aromatic rings. The summed E-state index contributed by atoms with van der Waals surface area (Å²) >= 11 is 1.25. The standard InChI is InChI=1S/C25H32N4O2S/c1-16-14-19(17-10-12-29(13-11-17)24(30)31-25(2,3)4)15-21-22(16)27-23(28(21)5)18-6-8-20(32-26)9-7-18/h6-9,14-15,17H,10-13,26H2,1-5H3. The molecular weight excluding hydrogens is 420 g/mol. The predicted molar refractivity (Wildman–Crippen MR) is 131 cm³/mol. The second-order valence-corrected chi connectivity index (χ2v) is 10.3. The van der Waals surface area contributed by atoms with Crippen molar-refractivity contribution in [3.05, 3.63) is 47.5 Å². The van der Waals surface area contributed by atoms with Gasteiger partial charge in [0.05, 0.1) is 11.0 Å². The Hall–Kier alpha value is -2.51. The smallest absolute Gasteiger partial charge is 0.410 e. The monoisotopic (exact) mass is 452 g/mol. The molecule has 1 saturated heterocycles. The lowest BCUT2D eigenvalue weighted by atomic mass is 9.88. The van der Waals surface area contributed by atoms with Crippen LogP contribution in [0, 0.1) is 6.92 Å². The maximum atomic E-state index is 12.4. The molecule has 0 spiro atoms. The summed E-state index contributed by atoms with van der Waals surface area (Å²) < 4.78 is 7.71. The molecule has 1 fully saturated rings.